The van der Waals surface area contributed by atoms with Crippen LogP contribution >= 0.6 is 0 Å². The Morgan fingerprint density at radius 1 is 0.806 bits per heavy atom. The van der Waals surface area contributed by atoms with E-state index in [0.717, 1.165) is 39.1 Å². The molecule has 0 bridgehead atoms. The number of carbonyl (C=O) groups is 1. The number of nitrogens with one attached hydrogen (secondary N) is 1. The second-order valence-corrected chi connectivity index (χ2v) is 9.16. The van der Waals surface area contributed by atoms with E-state index in [1.54, 1.807) is 0 Å². The molecular formula is C32H30N2O2. The molecule has 5 aromatic rings. The molecule has 2 unspecified atom stereocenters. The maximum atomic E-state index is 13.4. The summed E-state index contributed by atoms with van der Waals surface area (Å²) in [6.45, 7) is 2.02. The number of amides is 1. The lowest BCUT2D eigenvalue weighted by atomic mass is 9.87. The molecule has 0 radical (unpaired) electrons. The molecule has 0 aliphatic rings. The van der Waals surface area contributed by atoms with Crippen LogP contribution in [0.2, 0.25) is 0 Å². The Morgan fingerprint density at radius 2 is 1.44 bits per heavy atom. The molecule has 0 saturated heterocycles. The topological polar surface area (TPSA) is 43.3 Å². The molecule has 0 spiro atoms. The van der Waals surface area contributed by atoms with Gasteiger partial charge in [-0.2, -0.15) is 0 Å². The Kier molecular flexibility index (Phi) is 6.85. The quantitative estimate of drug-likeness (QED) is 0.255. The van der Waals surface area contributed by atoms with E-state index in [-0.39, 0.29) is 17.9 Å². The maximum Gasteiger partial charge on any atom is 0.221 e. The molecule has 36 heavy (non-hydrogen) atoms. The van der Waals surface area contributed by atoms with E-state index in [4.69, 9.17) is 4.74 Å². The molecule has 1 heterocycles. The molecule has 4 nitrogen and oxygen atoms in total. The van der Waals surface area contributed by atoms with Gasteiger partial charge in [0.2, 0.25) is 5.91 Å². The minimum Gasteiger partial charge on any atom is -0.457 e. The fraction of sp³-hybridized carbons (Fsp3) is 0.156. The van der Waals surface area contributed by atoms with Gasteiger partial charge in [-0.05, 0) is 53.9 Å². The van der Waals surface area contributed by atoms with Crippen LogP contribution in [0.1, 0.15) is 42.0 Å². The highest BCUT2D eigenvalue weighted by Crippen LogP contribution is 2.36. The summed E-state index contributed by atoms with van der Waals surface area (Å²) >= 11 is 0. The van der Waals surface area contributed by atoms with Crippen molar-refractivity contribution in [3.8, 4) is 11.5 Å². The van der Waals surface area contributed by atoms with E-state index in [9.17, 15) is 4.79 Å². The highest BCUT2D eigenvalue weighted by Gasteiger charge is 2.23. The van der Waals surface area contributed by atoms with Crippen molar-refractivity contribution >= 4 is 16.8 Å². The van der Waals surface area contributed by atoms with Gasteiger partial charge >= 0.3 is 0 Å². The highest BCUT2D eigenvalue weighted by molar-refractivity contribution is 5.86. The molecule has 0 aliphatic carbocycles. The third kappa shape index (κ3) is 5.18. The monoisotopic (exact) mass is 474 g/mol. The molecule has 0 saturated carbocycles. The summed E-state index contributed by atoms with van der Waals surface area (Å²) in [5, 5.41) is 4.35. The fourth-order valence-corrected chi connectivity index (χ4v) is 4.79. The number of benzene rings is 4. The minimum absolute atomic E-state index is 0.0127. The number of rotatable bonds is 8. The number of hydrogen-bond acceptors (Lipinski definition) is 2. The van der Waals surface area contributed by atoms with Crippen LogP contribution in [0.5, 0.6) is 11.5 Å². The van der Waals surface area contributed by atoms with Crippen LogP contribution in [-0.4, -0.2) is 10.5 Å². The normalized spacial score (nSPS) is 12.7. The number of carbonyl (C=O) groups excluding carboxylic acids is 1. The number of nitrogens with zero attached hydrogens (tertiary/aromatic N) is 1. The molecule has 0 aliphatic heterocycles. The largest absolute Gasteiger partial charge is 0.457 e. The highest BCUT2D eigenvalue weighted by atomic mass is 16.5. The Bertz CT molecular complexity index is 1460. The van der Waals surface area contributed by atoms with Gasteiger partial charge in [-0.3, -0.25) is 4.79 Å². The van der Waals surface area contributed by atoms with Crippen LogP contribution in [-0.2, 0) is 11.8 Å². The van der Waals surface area contributed by atoms with Crippen LogP contribution in [0.25, 0.3) is 10.9 Å². The molecule has 1 amide bonds. The Morgan fingerprint density at radius 3 is 2.22 bits per heavy atom. The van der Waals surface area contributed by atoms with Crippen molar-refractivity contribution in [2.45, 2.75) is 25.3 Å². The lowest BCUT2D eigenvalue weighted by Crippen LogP contribution is -2.28. The molecule has 4 heteroatoms. The van der Waals surface area contributed by atoms with Crippen molar-refractivity contribution in [2.24, 2.45) is 7.05 Å². The van der Waals surface area contributed by atoms with Crippen molar-refractivity contribution in [1.82, 2.24) is 9.88 Å². The summed E-state index contributed by atoms with van der Waals surface area (Å²) in [5.41, 5.74) is 4.41. The van der Waals surface area contributed by atoms with Crippen LogP contribution < -0.4 is 10.1 Å². The second kappa shape index (κ2) is 10.5. The molecule has 5 rings (SSSR count). The first kappa shape index (κ1) is 23.4. The van der Waals surface area contributed by atoms with Gasteiger partial charge in [0.05, 0.1) is 6.04 Å². The van der Waals surface area contributed by atoms with Gasteiger partial charge in [0.25, 0.3) is 0 Å². The first-order chi connectivity index (χ1) is 17.6. The summed E-state index contributed by atoms with van der Waals surface area (Å²) in [5.74, 6) is 1.42. The van der Waals surface area contributed by atoms with Gasteiger partial charge in [-0.25, -0.2) is 0 Å². The van der Waals surface area contributed by atoms with Crippen LogP contribution in [0.4, 0.5) is 0 Å². The van der Waals surface area contributed by atoms with Crippen molar-refractivity contribution < 1.29 is 9.53 Å². The van der Waals surface area contributed by atoms with Gasteiger partial charge in [-0.15, -0.1) is 0 Å². The lowest BCUT2D eigenvalue weighted by molar-refractivity contribution is -0.121. The summed E-state index contributed by atoms with van der Waals surface area (Å²) in [6.07, 6.45) is 2.48. The average Bonchev–Trinajstić information content (AvgIpc) is 3.25. The smallest absolute Gasteiger partial charge is 0.221 e. The number of ether oxygens (including phenoxy) is 1. The SMILES string of the molecule is CC(NC(=O)CC(c1cccc(Oc2ccccc2)c1)c1cn(C)c2ccccc12)c1ccccc1. The minimum atomic E-state index is -0.126. The van der Waals surface area contributed by atoms with E-state index in [1.165, 1.54) is 0 Å². The molecule has 180 valence electrons. The average molecular weight is 475 g/mol. The Labute approximate surface area is 212 Å². The summed E-state index contributed by atoms with van der Waals surface area (Å²) in [6, 6.07) is 36.2. The van der Waals surface area contributed by atoms with Crippen LogP contribution in [0.3, 0.4) is 0 Å². The Hall–Kier alpha value is -4.31. The molecule has 0 fully saturated rings. The van der Waals surface area contributed by atoms with E-state index >= 15 is 0 Å². The second-order valence-electron chi connectivity index (χ2n) is 9.16. The molecule has 4 aromatic carbocycles. The maximum absolute atomic E-state index is 13.4. The molecule has 2 atom stereocenters. The summed E-state index contributed by atoms with van der Waals surface area (Å²) in [7, 11) is 2.05. The standard InChI is InChI=1S/C32H30N2O2/c1-23(24-12-5-3-6-13-24)33-32(35)21-29(30-22-34(2)31-19-10-9-18-28(30)31)25-14-11-17-27(20-25)36-26-15-7-4-8-16-26/h3-20,22-23,29H,21H2,1-2H3,(H,33,35). The fourth-order valence-electron chi connectivity index (χ4n) is 4.79. The van der Waals surface area contributed by atoms with Gasteiger partial charge in [-0.1, -0.05) is 78.9 Å². The number of fused-ring (bicyclic) bond motifs is 1. The van der Waals surface area contributed by atoms with Gasteiger partial charge in [0, 0.05) is 36.5 Å². The molecular weight excluding hydrogens is 444 g/mol. The lowest BCUT2D eigenvalue weighted by Gasteiger charge is -2.20. The van der Waals surface area contributed by atoms with Gasteiger partial charge in [0.15, 0.2) is 0 Å². The van der Waals surface area contributed by atoms with Crippen molar-refractivity contribution in [3.63, 3.8) is 0 Å². The van der Waals surface area contributed by atoms with Crippen molar-refractivity contribution in [2.75, 3.05) is 0 Å². The predicted molar refractivity (Wildman–Crippen MR) is 145 cm³/mol. The van der Waals surface area contributed by atoms with Gasteiger partial charge < -0.3 is 14.6 Å². The summed E-state index contributed by atoms with van der Waals surface area (Å²) < 4.78 is 8.25. The predicted octanol–water partition coefficient (Wildman–Crippen LogP) is 7.37. The summed E-state index contributed by atoms with van der Waals surface area (Å²) in [4.78, 5) is 13.4. The Balaban J connectivity index is 1.48. The van der Waals surface area contributed by atoms with E-state index in [0.29, 0.717) is 6.42 Å². The van der Waals surface area contributed by atoms with E-state index < -0.39 is 0 Å². The van der Waals surface area contributed by atoms with E-state index in [1.807, 2.05) is 91.9 Å². The third-order valence-corrected chi connectivity index (χ3v) is 6.61. The third-order valence-electron chi connectivity index (χ3n) is 6.61. The van der Waals surface area contributed by atoms with Crippen molar-refractivity contribution in [1.29, 1.82) is 0 Å². The number of hydrogen-bond donors (Lipinski definition) is 1. The first-order valence-electron chi connectivity index (χ1n) is 12.3. The first-order valence-corrected chi connectivity index (χ1v) is 12.3. The van der Waals surface area contributed by atoms with Gasteiger partial charge in [0.1, 0.15) is 11.5 Å². The zero-order chi connectivity index (χ0) is 24.9. The zero-order valence-corrected chi connectivity index (χ0v) is 20.6. The van der Waals surface area contributed by atoms with Crippen molar-refractivity contribution in [3.05, 3.63) is 132 Å². The van der Waals surface area contributed by atoms with Crippen LogP contribution in [0, 0.1) is 0 Å². The molecule has 1 aromatic heterocycles. The zero-order valence-electron chi connectivity index (χ0n) is 20.6. The molecule has 1 N–H and O–H groups in total. The number of aromatic nitrogens is 1. The van der Waals surface area contributed by atoms with E-state index in [2.05, 4.69) is 47.4 Å². The number of aryl methyl sites for hydroxylation is 1. The van der Waals surface area contributed by atoms with Crippen LogP contribution in [0.15, 0.2) is 115 Å². The number of para-hydroxylation sites is 2.